The van der Waals surface area contributed by atoms with E-state index in [9.17, 15) is 14.9 Å². The summed E-state index contributed by atoms with van der Waals surface area (Å²) >= 11 is 0. The van der Waals surface area contributed by atoms with E-state index in [-0.39, 0.29) is 18.4 Å². The molecule has 0 rings (SSSR count). The van der Waals surface area contributed by atoms with Gasteiger partial charge in [-0.15, -0.1) is 0 Å². The van der Waals surface area contributed by atoms with Crippen LogP contribution in [0.4, 0.5) is 0 Å². The number of esters is 2. The molecule has 19 heavy (non-hydrogen) atoms. The number of hydrogen-bond donors (Lipinski definition) is 0. The largest absolute Gasteiger partial charge is 0.469 e. The molecule has 2 atom stereocenters. The SMILES string of the molecule is CCOC(=O)C(C#N)(C(C)C)C(C(=O)OC)C(C)C. The molecular weight excluding hydrogens is 246 g/mol. The van der Waals surface area contributed by atoms with E-state index in [4.69, 9.17) is 9.47 Å². The maximum atomic E-state index is 12.3. The van der Waals surface area contributed by atoms with Crippen molar-refractivity contribution in [2.45, 2.75) is 34.6 Å². The van der Waals surface area contributed by atoms with E-state index in [1.165, 1.54) is 7.11 Å². The number of rotatable bonds is 6. The summed E-state index contributed by atoms with van der Waals surface area (Å²) in [4.78, 5) is 24.2. The Morgan fingerprint density at radius 1 is 1.26 bits per heavy atom. The summed E-state index contributed by atoms with van der Waals surface area (Å²) < 4.78 is 9.78. The minimum Gasteiger partial charge on any atom is -0.469 e. The van der Waals surface area contributed by atoms with Gasteiger partial charge in [-0.05, 0) is 18.8 Å². The van der Waals surface area contributed by atoms with Crippen molar-refractivity contribution < 1.29 is 19.1 Å². The first-order chi connectivity index (χ1) is 8.79. The summed E-state index contributed by atoms with van der Waals surface area (Å²) in [5, 5.41) is 9.55. The summed E-state index contributed by atoms with van der Waals surface area (Å²) in [5.41, 5.74) is -1.52. The fraction of sp³-hybridized carbons (Fsp3) is 0.786. The zero-order valence-electron chi connectivity index (χ0n) is 12.5. The molecule has 0 fully saturated rings. The first-order valence-corrected chi connectivity index (χ1v) is 6.45. The molecule has 0 heterocycles. The highest BCUT2D eigenvalue weighted by Crippen LogP contribution is 2.41. The lowest BCUT2D eigenvalue weighted by molar-refractivity contribution is -0.169. The molecule has 0 saturated heterocycles. The van der Waals surface area contributed by atoms with Crippen molar-refractivity contribution >= 4 is 11.9 Å². The van der Waals surface area contributed by atoms with Gasteiger partial charge in [0.15, 0.2) is 5.41 Å². The van der Waals surface area contributed by atoms with Gasteiger partial charge in [0.25, 0.3) is 0 Å². The van der Waals surface area contributed by atoms with Crippen molar-refractivity contribution in [3.8, 4) is 6.07 Å². The molecule has 0 bridgehead atoms. The van der Waals surface area contributed by atoms with Crippen LogP contribution in [0.3, 0.4) is 0 Å². The standard InChI is InChI=1S/C14H23NO4/c1-7-19-13(17)14(8-15,10(4)5)11(9(2)3)12(16)18-6/h9-11H,7H2,1-6H3. The topological polar surface area (TPSA) is 76.4 Å². The Hall–Kier alpha value is -1.57. The second kappa shape index (κ2) is 7.13. The van der Waals surface area contributed by atoms with Gasteiger partial charge in [0.05, 0.1) is 25.7 Å². The molecule has 0 amide bonds. The normalized spacial score (nSPS) is 15.5. The third kappa shape index (κ3) is 3.25. The fourth-order valence-electron chi connectivity index (χ4n) is 2.33. The third-order valence-electron chi connectivity index (χ3n) is 3.32. The van der Waals surface area contributed by atoms with E-state index >= 15 is 0 Å². The molecule has 108 valence electrons. The maximum Gasteiger partial charge on any atom is 0.327 e. The van der Waals surface area contributed by atoms with Gasteiger partial charge in [-0.1, -0.05) is 27.7 Å². The number of methoxy groups -OCH3 is 1. The zero-order chi connectivity index (χ0) is 15.2. The van der Waals surface area contributed by atoms with Crippen molar-refractivity contribution in [2.24, 2.45) is 23.2 Å². The Balaban J connectivity index is 5.87. The molecule has 5 heteroatoms. The Bertz CT molecular complexity index is 370. The van der Waals surface area contributed by atoms with Crippen LogP contribution in [0.15, 0.2) is 0 Å². The Kier molecular flexibility index (Phi) is 6.54. The molecule has 0 saturated carbocycles. The summed E-state index contributed by atoms with van der Waals surface area (Å²) in [6.45, 7) is 8.88. The molecular formula is C14H23NO4. The van der Waals surface area contributed by atoms with Crippen molar-refractivity contribution in [1.82, 2.24) is 0 Å². The lowest BCUT2D eigenvalue weighted by Gasteiger charge is -2.36. The molecule has 0 aliphatic heterocycles. The van der Waals surface area contributed by atoms with Gasteiger partial charge in [-0.25, -0.2) is 0 Å². The quantitative estimate of drug-likeness (QED) is 0.691. The number of nitrogens with zero attached hydrogens (tertiary/aromatic N) is 1. The average Bonchev–Trinajstić information content (AvgIpc) is 2.34. The summed E-state index contributed by atoms with van der Waals surface area (Å²) in [6.07, 6.45) is 0. The highest BCUT2D eigenvalue weighted by molar-refractivity contribution is 5.88. The molecule has 0 aromatic heterocycles. The van der Waals surface area contributed by atoms with Crippen molar-refractivity contribution in [3.63, 3.8) is 0 Å². The monoisotopic (exact) mass is 269 g/mol. The van der Waals surface area contributed by atoms with Gasteiger partial charge in [-0.2, -0.15) is 5.26 Å². The van der Waals surface area contributed by atoms with Gasteiger partial charge in [0.2, 0.25) is 0 Å². The molecule has 0 radical (unpaired) electrons. The van der Waals surface area contributed by atoms with Crippen LogP contribution in [0.1, 0.15) is 34.6 Å². The first-order valence-electron chi connectivity index (χ1n) is 6.45. The van der Waals surface area contributed by atoms with Gasteiger partial charge in [-0.3, -0.25) is 9.59 Å². The van der Waals surface area contributed by atoms with E-state index in [2.05, 4.69) is 0 Å². The second-order valence-corrected chi connectivity index (χ2v) is 5.10. The molecule has 0 spiro atoms. The van der Waals surface area contributed by atoms with Crippen molar-refractivity contribution in [2.75, 3.05) is 13.7 Å². The van der Waals surface area contributed by atoms with Gasteiger partial charge in [0, 0.05) is 0 Å². The minimum absolute atomic E-state index is 0.168. The number of carbonyl (C=O) groups excluding carboxylic acids is 2. The molecule has 5 nitrogen and oxygen atoms in total. The van der Waals surface area contributed by atoms with Crippen LogP contribution in [0, 0.1) is 34.5 Å². The van der Waals surface area contributed by atoms with E-state index in [1.54, 1.807) is 34.6 Å². The lowest BCUT2D eigenvalue weighted by Crippen LogP contribution is -2.49. The average molecular weight is 269 g/mol. The predicted octanol–water partition coefficient (Wildman–Crippen LogP) is 2.16. The number of ether oxygens (including phenoxy) is 2. The number of carbonyl (C=O) groups is 2. The van der Waals surface area contributed by atoms with Crippen molar-refractivity contribution in [3.05, 3.63) is 0 Å². The fourth-order valence-corrected chi connectivity index (χ4v) is 2.33. The smallest absolute Gasteiger partial charge is 0.327 e. The van der Waals surface area contributed by atoms with E-state index in [1.807, 2.05) is 6.07 Å². The summed E-state index contributed by atoms with van der Waals surface area (Å²) in [7, 11) is 1.26. The molecule has 2 unspecified atom stereocenters. The zero-order valence-corrected chi connectivity index (χ0v) is 12.5. The molecule has 0 aromatic rings. The molecule has 0 aliphatic rings. The van der Waals surface area contributed by atoms with Crippen LogP contribution in [-0.4, -0.2) is 25.7 Å². The Morgan fingerprint density at radius 3 is 2.05 bits per heavy atom. The van der Waals surface area contributed by atoms with Crippen LogP contribution in [0.5, 0.6) is 0 Å². The highest BCUT2D eigenvalue weighted by Gasteiger charge is 2.55. The summed E-state index contributed by atoms with van der Waals surface area (Å²) in [5.74, 6) is -2.63. The van der Waals surface area contributed by atoms with E-state index < -0.39 is 23.3 Å². The maximum absolute atomic E-state index is 12.3. The molecule has 0 aromatic carbocycles. The van der Waals surface area contributed by atoms with Gasteiger partial charge < -0.3 is 9.47 Å². The first kappa shape index (κ1) is 17.4. The van der Waals surface area contributed by atoms with Crippen LogP contribution in [0.2, 0.25) is 0 Å². The van der Waals surface area contributed by atoms with Crippen LogP contribution >= 0.6 is 0 Å². The number of nitriles is 1. The lowest BCUT2D eigenvalue weighted by atomic mass is 9.64. The van der Waals surface area contributed by atoms with Gasteiger partial charge in [0.1, 0.15) is 0 Å². The van der Waals surface area contributed by atoms with Gasteiger partial charge >= 0.3 is 11.9 Å². The Morgan fingerprint density at radius 2 is 1.79 bits per heavy atom. The molecule has 0 aliphatic carbocycles. The van der Waals surface area contributed by atoms with Crippen molar-refractivity contribution in [1.29, 1.82) is 5.26 Å². The minimum atomic E-state index is -1.52. The Labute approximate surface area is 114 Å². The van der Waals surface area contributed by atoms with E-state index in [0.29, 0.717) is 0 Å². The predicted molar refractivity (Wildman–Crippen MR) is 69.9 cm³/mol. The third-order valence-corrected chi connectivity index (χ3v) is 3.32. The number of hydrogen-bond acceptors (Lipinski definition) is 5. The van der Waals surface area contributed by atoms with Crippen LogP contribution in [0.25, 0.3) is 0 Å². The van der Waals surface area contributed by atoms with Crippen LogP contribution < -0.4 is 0 Å². The molecule has 0 N–H and O–H groups in total. The highest BCUT2D eigenvalue weighted by atomic mass is 16.5. The summed E-state index contributed by atoms with van der Waals surface area (Å²) in [6, 6.07) is 2.02. The second-order valence-electron chi connectivity index (χ2n) is 5.10. The van der Waals surface area contributed by atoms with Crippen LogP contribution in [-0.2, 0) is 19.1 Å². The van der Waals surface area contributed by atoms with E-state index in [0.717, 1.165) is 0 Å².